The fourth-order valence-electron chi connectivity index (χ4n) is 1.40. The molecule has 1 aliphatic rings. The highest BCUT2D eigenvalue weighted by Crippen LogP contribution is 2.31. The van der Waals surface area contributed by atoms with Crippen LogP contribution in [0, 0.1) is 5.92 Å². The maximum Gasteiger partial charge on any atom is 0.242 e. The molecule has 0 radical (unpaired) electrons. The summed E-state index contributed by atoms with van der Waals surface area (Å²) in [5.41, 5.74) is 6.42. The number of anilines is 2. The zero-order chi connectivity index (χ0) is 11.5. The van der Waals surface area contributed by atoms with E-state index in [-0.39, 0.29) is 6.10 Å². The van der Waals surface area contributed by atoms with Gasteiger partial charge < -0.3 is 15.8 Å². The van der Waals surface area contributed by atoms with Crippen molar-refractivity contribution in [3.63, 3.8) is 0 Å². The van der Waals surface area contributed by atoms with Crippen LogP contribution in [0.4, 0.5) is 11.5 Å². The lowest BCUT2D eigenvalue weighted by atomic mass is 10.4. The van der Waals surface area contributed by atoms with Crippen molar-refractivity contribution in [1.82, 2.24) is 9.97 Å². The van der Waals surface area contributed by atoms with Crippen molar-refractivity contribution in [3.8, 4) is 5.88 Å². The van der Waals surface area contributed by atoms with E-state index in [1.54, 1.807) is 0 Å². The van der Waals surface area contributed by atoms with Crippen LogP contribution in [-0.4, -0.2) is 22.6 Å². The lowest BCUT2D eigenvalue weighted by Crippen LogP contribution is -2.12. The molecule has 2 rings (SSSR count). The zero-order valence-electron chi connectivity index (χ0n) is 9.73. The number of aromatic nitrogens is 2. The van der Waals surface area contributed by atoms with Crippen LogP contribution < -0.4 is 15.8 Å². The average molecular weight is 222 g/mol. The number of ether oxygens (including phenoxy) is 1. The molecule has 0 amide bonds. The smallest absolute Gasteiger partial charge is 0.242 e. The Hall–Kier alpha value is -1.52. The van der Waals surface area contributed by atoms with Crippen LogP contribution in [0.5, 0.6) is 5.88 Å². The Bertz CT molecular complexity index is 363. The van der Waals surface area contributed by atoms with E-state index in [0.717, 1.165) is 12.5 Å². The summed E-state index contributed by atoms with van der Waals surface area (Å²) in [5.74, 6) is 1.92. The molecule has 0 aliphatic heterocycles. The van der Waals surface area contributed by atoms with E-state index in [4.69, 9.17) is 10.5 Å². The van der Waals surface area contributed by atoms with Gasteiger partial charge in [-0.15, -0.1) is 0 Å². The summed E-state index contributed by atoms with van der Waals surface area (Å²) in [6, 6.07) is 0. The van der Waals surface area contributed by atoms with Gasteiger partial charge in [-0.25, -0.2) is 4.98 Å². The first-order valence-electron chi connectivity index (χ1n) is 5.68. The zero-order valence-corrected chi connectivity index (χ0v) is 9.73. The SMILES string of the molecule is CC(C)Oc1ncnc(NCC2CC2)c1N. The molecule has 1 saturated carbocycles. The van der Waals surface area contributed by atoms with Gasteiger partial charge >= 0.3 is 0 Å². The van der Waals surface area contributed by atoms with Gasteiger partial charge in [0.1, 0.15) is 12.0 Å². The van der Waals surface area contributed by atoms with Crippen molar-refractivity contribution in [2.45, 2.75) is 32.8 Å². The van der Waals surface area contributed by atoms with Gasteiger partial charge in [-0.3, -0.25) is 0 Å². The second kappa shape index (κ2) is 4.55. The molecule has 1 heterocycles. The minimum Gasteiger partial charge on any atom is -0.473 e. The second-order valence-corrected chi connectivity index (χ2v) is 4.43. The van der Waals surface area contributed by atoms with Crippen LogP contribution >= 0.6 is 0 Å². The molecule has 5 nitrogen and oxygen atoms in total. The fraction of sp³-hybridized carbons (Fsp3) is 0.636. The van der Waals surface area contributed by atoms with E-state index in [0.29, 0.717) is 17.4 Å². The maximum atomic E-state index is 5.93. The number of nitrogens with one attached hydrogen (secondary N) is 1. The molecule has 1 aromatic heterocycles. The van der Waals surface area contributed by atoms with E-state index in [1.165, 1.54) is 19.2 Å². The summed E-state index contributed by atoms with van der Waals surface area (Å²) in [4.78, 5) is 8.14. The largest absolute Gasteiger partial charge is 0.473 e. The van der Waals surface area contributed by atoms with Crippen molar-refractivity contribution >= 4 is 11.5 Å². The predicted molar refractivity (Wildman–Crippen MR) is 63.4 cm³/mol. The van der Waals surface area contributed by atoms with Crippen molar-refractivity contribution in [3.05, 3.63) is 6.33 Å². The minimum atomic E-state index is 0.0634. The summed E-state index contributed by atoms with van der Waals surface area (Å²) >= 11 is 0. The van der Waals surface area contributed by atoms with Gasteiger partial charge in [0.25, 0.3) is 0 Å². The Balaban J connectivity index is 2.05. The Kier molecular flexibility index (Phi) is 3.12. The summed E-state index contributed by atoms with van der Waals surface area (Å²) < 4.78 is 5.49. The Morgan fingerprint density at radius 1 is 1.50 bits per heavy atom. The molecule has 1 aliphatic carbocycles. The number of nitrogens with zero attached hydrogens (tertiary/aromatic N) is 2. The molecule has 1 aromatic rings. The number of hydrogen-bond donors (Lipinski definition) is 2. The first-order chi connectivity index (χ1) is 7.66. The van der Waals surface area contributed by atoms with E-state index < -0.39 is 0 Å². The average Bonchev–Trinajstić information content (AvgIpc) is 3.02. The number of rotatable bonds is 5. The molecule has 0 atom stereocenters. The standard InChI is InChI=1S/C11H18N4O/c1-7(2)16-11-9(12)10(14-6-15-11)13-5-8-3-4-8/h6-8H,3-5,12H2,1-2H3,(H,13,14,15). The van der Waals surface area contributed by atoms with Crippen LogP contribution in [0.2, 0.25) is 0 Å². The Labute approximate surface area is 95.4 Å². The van der Waals surface area contributed by atoms with Gasteiger partial charge in [-0.2, -0.15) is 4.98 Å². The van der Waals surface area contributed by atoms with Crippen molar-refractivity contribution in [2.24, 2.45) is 5.92 Å². The molecule has 0 aromatic carbocycles. The molecule has 88 valence electrons. The van der Waals surface area contributed by atoms with Crippen LogP contribution in [0.3, 0.4) is 0 Å². The van der Waals surface area contributed by atoms with Crippen molar-refractivity contribution in [1.29, 1.82) is 0 Å². The Morgan fingerprint density at radius 2 is 2.25 bits per heavy atom. The van der Waals surface area contributed by atoms with Crippen LogP contribution in [0.1, 0.15) is 26.7 Å². The molecule has 0 bridgehead atoms. The summed E-state index contributed by atoms with van der Waals surface area (Å²) in [5, 5.41) is 3.23. The monoisotopic (exact) mass is 222 g/mol. The molecular formula is C11H18N4O. The van der Waals surface area contributed by atoms with Crippen LogP contribution in [0.15, 0.2) is 6.33 Å². The molecular weight excluding hydrogens is 204 g/mol. The van der Waals surface area contributed by atoms with E-state index in [2.05, 4.69) is 15.3 Å². The third-order valence-corrected chi connectivity index (χ3v) is 2.45. The third-order valence-electron chi connectivity index (χ3n) is 2.45. The summed E-state index contributed by atoms with van der Waals surface area (Å²) in [6.45, 7) is 4.82. The van der Waals surface area contributed by atoms with Gasteiger partial charge in [-0.05, 0) is 32.6 Å². The number of nitrogens with two attached hydrogens (primary N) is 1. The van der Waals surface area contributed by atoms with E-state index >= 15 is 0 Å². The first-order valence-corrected chi connectivity index (χ1v) is 5.68. The highest BCUT2D eigenvalue weighted by atomic mass is 16.5. The topological polar surface area (TPSA) is 73.1 Å². The third kappa shape index (κ3) is 2.74. The minimum absolute atomic E-state index is 0.0634. The second-order valence-electron chi connectivity index (χ2n) is 4.43. The molecule has 5 heteroatoms. The summed E-state index contributed by atoms with van der Waals surface area (Å²) in [6.07, 6.45) is 4.14. The fourth-order valence-corrected chi connectivity index (χ4v) is 1.40. The van der Waals surface area contributed by atoms with Gasteiger partial charge in [0.15, 0.2) is 5.82 Å². The highest BCUT2D eigenvalue weighted by molar-refractivity contribution is 5.66. The molecule has 0 unspecified atom stereocenters. The number of hydrogen-bond acceptors (Lipinski definition) is 5. The molecule has 0 saturated heterocycles. The van der Waals surface area contributed by atoms with Crippen LogP contribution in [-0.2, 0) is 0 Å². The van der Waals surface area contributed by atoms with Crippen molar-refractivity contribution in [2.75, 3.05) is 17.6 Å². The molecule has 3 N–H and O–H groups in total. The summed E-state index contributed by atoms with van der Waals surface area (Å²) in [7, 11) is 0. The van der Waals surface area contributed by atoms with Crippen LogP contribution in [0.25, 0.3) is 0 Å². The normalized spacial score (nSPS) is 15.2. The Morgan fingerprint density at radius 3 is 2.88 bits per heavy atom. The quantitative estimate of drug-likeness (QED) is 0.792. The molecule has 0 spiro atoms. The van der Waals surface area contributed by atoms with Crippen molar-refractivity contribution < 1.29 is 4.74 Å². The molecule has 1 fully saturated rings. The first kappa shape index (κ1) is 11.0. The predicted octanol–water partition coefficient (Wildman–Crippen LogP) is 1.67. The van der Waals surface area contributed by atoms with Gasteiger partial charge in [0.2, 0.25) is 5.88 Å². The van der Waals surface area contributed by atoms with E-state index in [1.807, 2.05) is 13.8 Å². The van der Waals surface area contributed by atoms with Gasteiger partial charge in [0, 0.05) is 6.54 Å². The lowest BCUT2D eigenvalue weighted by molar-refractivity contribution is 0.234. The molecule has 16 heavy (non-hydrogen) atoms. The lowest BCUT2D eigenvalue weighted by Gasteiger charge is -2.13. The van der Waals surface area contributed by atoms with Gasteiger partial charge in [-0.1, -0.05) is 0 Å². The number of nitrogen functional groups attached to an aromatic ring is 1. The van der Waals surface area contributed by atoms with Gasteiger partial charge in [0.05, 0.1) is 6.10 Å². The maximum absolute atomic E-state index is 5.93. The van der Waals surface area contributed by atoms with E-state index in [9.17, 15) is 0 Å². The highest BCUT2D eigenvalue weighted by Gasteiger charge is 2.21.